The quantitative estimate of drug-likeness (QED) is 0.779. The number of aryl methyl sites for hydroxylation is 1. The van der Waals surface area contributed by atoms with Gasteiger partial charge in [0.25, 0.3) is 0 Å². The van der Waals surface area contributed by atoms with Crippen molar-refractivity contribution in [3.63, 3.8) is 0 Å². The lowest BCUT2D eigenvalue weighted by Gasteiger charge is -2.28. The monoisotopic (exact) mass is 269 g/mol. The molecule has 2 amide bonds. The van der Waals surface area contributed by atoms with Crippen molar-refractivity contribution in [3.05, 3.63) is 16.1 Å². The molecule has 1 aromatic rings. The summed E-state index contributed by atoms with van der Waals surface area (Å²) in [7, 11) is 0. The minimum Gasteiger partial charge on any atom is -0.391 e. The van der Waals surface area contributed by atoms with Gasteiger partial charge in [-0.05, 0) is 19.8 Å². The Morgan fingerprint density at radius 3 is 3.00 bits per heavy atom. The third-order valence-corrected chi connectivity index (χ3v) is 4.24. The minimum atomic E-state index is -0.408. The summed E-state index contributed by atoms with van der Waals surface area (Å²) in [4.78, 5) is 16.9. The molecule has 1 aliphatic rings. The SMILES string of the molecule is Cc1ncsc1CNC(=O)NC1CCCCC1O. The number of amides is 2. The molecule has 6 heteroatoms. The van der Waals surface area contributed by atoms with E-state index in [4.69, 9.17) is 0 Å². The molecule has 2 rings (SSSR count). The third-order valence-electron chi connectivity index (χ3n) is 3.30. The Hall–Kier alpha value is -1.14. The normalized spacial score (nSPS) is 23.7. The van der Waals surface area contributed by atoms with Gasteiger partial charge in [0.2, 0.25) is 0 Å². The zero-order valence-corrected chi connectivity index (χ0v) is 11.3. The van der Waals surface area contributed by atoms with Gasteiger partial charge in [-0.2, -0.15) is 0 Å². The van der Waals surface area contributed by atoms with Crippen molar-refractivity contribution in [1.29, 1.82) is 0 Å². The predicted molar refractivity (Wildman–Crippen MR) is 70.5 cm³/mol. The molecule has 18 heavy (non-hydrogen) atoms. The Morgan fingerprint density at radius 2 is 2.33 bits per heavy atom. The summed E-state index contributed by atoms with van der Waals surface area (Å²) >= 11 is 1.54. The van der Waals surface area contributed by atoms with E-state index in [1.54, 1.807) is 5.51 Å². The standard InChI is InChI=1S/C12H19N3O2S/c1-8-11(18-7-14-8)6-13-12(17)15-9-4-2-3-5-10(9)16/h7,9-10,16H,2-6H2,1H3,(H2,13,15,17). The number of hydrogen-bond donors (Lipinski definition) is 3. The second-order valence-corrected chi connectivity index (χ2v) is 5.59. The van der Waals surface area contributed by atoms with Gasteiger partial charge in [0.05, 0.1) is 29.9 Å². The molecular weight excluding hydrogens is 250 g/mol. The molecule has 2 unspecified atom stereocenters. The zero-order chi connectivity index (χ0) is 13.0. The van der Waals surface area contributed by atoms with E-state index in [2.05, 4.69) is 15.6 Å². The lowest BCUT2D eigenvalue weighted by Crippen LogP contribution is -2.48. The summed E-state index contributed by atoms with van der Waals surface area (Å²) in [6.45, 7) is 2.42. The first-order chi connectivity index (χ1) is 8.66. The molecule has 0 bridgehead atoms. The average Bonchev–Trinajstić information content (AvgIpc) is 2.75. The van der Waals surface area contributed by atoms with Crippen LogP contribution in [0.3, 0.4) is 0 Å². The first kappa shape index (κ1) is 13.3. The largest absolute Gasteiger partial charge is 0.391 e. The Bertz CT molecular complexity index is 408. The molecule has 0 radical (unpaired) electrons. The predicted octanol–water partition coefficient (Wildman–Crippen LogP) is 1.55. The number of aliphatic hydroxyl groups excluding tert-OH is 1. The summed E-state index contributed by atoms with van der Waals surface area (Å²) in [5.41, 5.74) is 2.73. The van der Waals surface area contributed by atoms with Crippen LogP contribution in [0.5, 0.6) is 0 Å². The highest BCUT2D eigenvalue weighted by Crippen LogP contribution is 2.18. The maximum Gasteiger partial charge on any atom is 0.315 e. The number of carbonyl (C=O) groups excluding carboxylic acids is 1. The molecule has 0 saturated heterocycles. The highest BCUT2D eigenvalue weighted by molar-refractivity contribution is 7.09. The van der Waals surface area contributed by atoms with Crippen molar-refractivity contribution in [2.24, 2.45) is 0 Å². The topological polar surface area (TPSA) is 74.2 Å². The Labute approximate surface area is 111 Å². The van der Waals surface area contributed by atoms with E-state index in [9.17, 15) is 9.90 Å². The molecule has 2 atom stereocenters. The Morgan fingerprint density at radius 1 is 1.56 bits per heavy atom. The fourth-order valence-corrected chi connectivity index (χ4v) is 2.87. The van der Waals surface area contributed by atoms with Crippen LogP contribution in [-0.2, 0) is 6.54 Å². The van der Waals surface area contributed by atoms with Gasteiger partial charge in [-0.1, -0.05) is 12.8 Å². The number of aliphatic hydroxyl groups is 1. The smallest absolute Gasteiger partial charge is 0.315 e. The van der Waals surface area contributed by atoms with Gasteiger partial charge in [-0.15, -0.1) is 11.3 Å². The van der Waals surface area contributed by atoms with Gasteiger partial charge in [0.1, 0.15) is 0 Å². The molecule has 0 aromatic carbocycles. The van der Waals surface area contributed by atoms with Gasteiger partial charge in [0, 0.05) is 4.88 Å². The van der Waals surface area contributed by atoms with Gasteiger partial charge in [-0.3, -0.25) is 0 Å². The van der Waals surface area contributed by atoms with E-state index in [-0.39, 0.29) is 12.1 Å². The molecule has 1 saturated carbocycles. The number of carbonyl (C=O) groups is 1. The molecule has 3 N–H and O–H groups in total. The van der Waals surface area contributed by atoms with Gasteiger partial charge in [-0.25, -0.2) is 9.78 Å². The first-order valence-corrected chi connectivity index (χ1v) is 7.16. The van der Waals surface area contributed by atoms with Gasteiger partial charge >= 0.3 is 6.03 Å². The molecule has 5 nitrogen and oxygen atoms in total. The number of nitrogens with one attached hydrogen (secondary N) is 2. The van der Waals surface area contributed by atoms with Crippen LogP contribution in [0.2, 0.25) is 0 Å². The molecular formula is C12H19N3O2S. The molecule has 1 heterocycles. The van der Waals surface area contributed by atoms with Crippen LogP contribution in [0.25, 0.3) is 0 Å². The van der Waals surface area contributed by atoms with Crippen LogP contribution in [0.4, 0.5) is 4.79 Å². The summed E-state index contributed by atoms with van der Waals surface area (Å²) in [6.07, 6.45) is 3.33. The zero-order valence-electron chi connectivity index (χ0n) is 10.5. The van der Waals surface area contributed by atoms with E-state index in [0.29, 0.717) is 6.54 Å². The van der Waals surface area contributed by atoms with Crippen LogP contribution in [0, 0.1) is 6.92 Å². The number of rotatable bonds is 3. The molecule has 100 valence electrons. The summed E-state index contributed by atoms with van der Waals surface area (Å²) in [5.74, 6) is 0. The van der Waals surface area contributed by atoms with E-state index in [0.717, 1.165) is 36.3 Å². The molecule has 1 aliphatic carbocycles. The highest BCUT2D eigenvalue weighted by Gasteiger charge is 2.24. The molecule has 0 aliphatic heterocycles. The van der Waals surface area contributed by atoms with Crippen molar-refractivity contribution in [1.82, 2.24) is 15.6 Å². The maximum absolute atomic E-state index is 11.7. The summed E-state index contributed by atoms with van der Waals surface area (Å²) < 4.78 is 0. The van der Waals surface area contributed by atoms with E-state index >= 15 is 0 Å². The minimum absolute atomic E-state index is 0.110. The number of nitrogens with zero attached hydrogens (tertiary/aromatic N) is 1. The molecule has 1 aromatic heterocycles. The van der Waals surface area contributed by atoms with E-state index in [1.165, 1.54) is 11.3 Å². The lowest BCUT2D eigenvalue weighted by atomic mass is 9.93. The third kappa shape index (κ3) is 3.43. The van der Waals surface area contributed by atoms with Crippen LogP contribution >= 0.6 is 11.3 Å². The van der Waals surface area contributed by atoms with E-state index in [1.807, 2.05) is 6.92 Å². The van der Waals surface area contributed by atoms with Crippen LogP contribution in [-0.4, -0.2) is 28.3 Å². The molecule has 0 spiro atoms. The number of thiazole rings is 1. The average molecular weight is 269 g/mol. The van der Waals surface area contributed by atoms with Crippen molar-refractivity contribution >= 4 is 17.4 Å². The second-order valence-electron chi connectivity index (χ2n) is 4.65. The number of hydrogen-bond acceptors (Lipinski definition) is 4. The van der Waals surface area contributed by atoms with Crippen molar-refractivity contribution in [2.75, 3.05) is 0 Å². The van der Waals surface area contributed by atoms with Crippen LogP contribution in [0.1, 0.15) is 36.3 Å². The fraction of sp³-hybridized carbons (Fsp3) is 0.667. The molecule has 1 fully saturated rings. The van der Waals surface area contributed by atoms with Gasteiger partial charge in [0.15, 0.2) is 0 Å². The van der Waals surface area contributed by atoms with Crippen LogP contribution in [0.15, 0.2) is 5.51 Å². The lowest BCUT2D eigenvalue weighted by molar-refractivity contribution is 0.0943. The second kappa shape index (κ2) is 6.15. The summed E-state index contributed by atoms with van der Waals surface area (Å²) in [6, 6.07) is -0.324. The fourth-order valence-electron chi connectivity index (χ4n) is 2.16. The highest BCUT2D eigenvalue weighted by atomic mass is 32.1. The van der Waals surface area contributed by atoms with Gasteiger partial charge < -0.3 is 15.7 Å². The van der Waals surface area contributed by atoms with Crippen LogP contribution < -0.4 is 10.6 Å². The van der Waals surface area contributed by atoms with Crippen molar-refractivity contribution in [3.8, 4) is 0 Å². The van der Waals surface area contributed by atoms with Crippen molar-refractivity contribution in [2.45, 2.75) is 51.3 Å². The van der Waals surface area contributed by atoms with Crippen molar-refractivity contribution < 1.29 is 9.90 Å². The Balaban J connectivity index is 1.76. The van der Waals surface area contributed by atoms with E-state index < -0.39 is 6.10 Å². The first-order valence-electron chi connectivity index (χ1n) is 6.28. The maximum atomic E-state index is 11.7. The Kier molecular flexibility index (Phi) is 4.54. The summed E-state index contributed by atoms with van der Waals surface area (Å²) in [5, 5.41) is 15.4. The number of aromatic nitrogens is 1. The number of urea groups is 1.